The van der Waals surface area contributed by atoms with E-state index in [9.17, 15) is 4.79 Å². The number of fused-ring (bicyclic) bond motifs is 1. The number of carbonyl (C=O) groups is 1. The van der Waals surface area contributed by atoms with Crippen molar-refractivity contribution in [2.24, 2.45) is 0 Å². The summed E-state index contributed by atoms with van der Waals surface area (Å²) in [7, 11) is 0. The molecule has 0 aliphatic carbocycles. The lowest BCUT2D eigenvalue weighted by Crippen LogP contribution is -2.13. The molecule has 3 nitrogen and oxygen atoms in total. The SMILES string of the molecule is CC(C)n1ncc(Br)c1C(=O)c1cc2ccccc2s1. The Kier molecular flexibility index (Phi) is 3.48. The Labute approximate surface area is 129 Å². The van der Waals surface area contributed by atoms with Crippen molar-refractivity contribution in [3.63, 3.8) is 0 Å². The summed E-state index contributed by atoms with van der Waals surface area (Å²) in [5, 5.41) is 5.37. The monoisotopic (exact) mass is 348 g/mol. The van der Waals surface area contributed by atoms with Gasteiger partial charge in [-0.3, -0.25) is 9.48 Å². The number of halogens is 1. The van der Waals surface area contributed by atoms with Crippen molar-refractivity contribution >= 4 is 43.1 Å². The lowest BCUT2D eigenvalue weighted by atomic mass is 10.2. The van der Waals surface area contributed by atoms with Crippen molar-refractivity contribution in [1.29, 1.82) is 0 Å². The molecule has 0 bridgehead atoms. The molecule has 1 aromatic carbocycles. The number of hydrogen-bond acceptors (Lipinski definition) is 3. The van der Waals surface area contributed by atoms with E-state index in [0.717, 1.165) is 19.4 Å². The van der Waals surface area contributed by atoms with Gasteiger partial charge in [-0.1, -0.05) is 18.2 Å². The van der Waals surface area contributed by atoms with Crippen molar-refractivity contribution < 1.29 is 4.79 Å². The molecule has 5 heteroatoms. The molecule has 0 amide bonds. The topological polar surface area (TPSA) is 34.9 Å². The first-order chi connectivity index (χ1) is 9.58. The molecule has 3 rings (SSSR count). The van der Waals surface area contributed by atoms with Crippen molar-refractivity contribution in [3.05, 3.63) is 51.6 Å². The number of carbonyl (C=O) groups excluding carboxylic acids is 1. The van der Waals surface area contributed by atoms with Gasteiger partial charge >= 0.3 is 0 Å². The largest absolute Gasteiger partial charge is 0.286 e. The minimum atomic E-state index is 0.0178. The summed E-state index contributed by atoms with van der Waals surface area (Å²) in [5.74, 6) is 0.0178. The number of aromatic nitrogens is 2. The second-order valence-corrected chi connectivity index (χ2v) is 6.80. The fraction of sp³-hybridized carbons (Fsp3) is 0.200. The third-order valence-electron chi connectivity index (χ3n) is 3.10. The molecule has 0 aliphatic heterocycles. The van der Waals surface area contributed by atoms with Gasteiger partial charge in [0, 0.05) is 10.7 Å². The van der Waals surface area contributed by atoms with E-state index in [-0.39, 0.29) is 11.8 Å². The van der Waals surface area contributed by atoms with Gasteiger partial charge in [-0.05, 0) is 47.3 Å². The van der Waals surface area contributed by atoms with Crippen molar-refractivity contribution in [2.45, 2.75) is 19.9 Å². The Morgan fingerprint density at radius 2 is 2.10 bits per heavy atom. The number of benzene rings is 1. The molecule has 0 fully saturated rings. The summed E-state index contributed by atoms with van der Waals surface area (Å²) in [4.78, 5) is 13.5. The number of nitrogens with zero attached hydrogens (tertiary/aromatic N) is 2. The van der Waals surface area contributed by atoms with E-state index >= 15 is 0 Å². The Morgan fingerprint density at radius 3 is 2.80 bits per heavy atom. The zero-order valence-electron chi connectivity index (χ0n) is 11.1. The summed E-state index contributed by atoms with van der Waals surface area (Å²) in [6.07, 6.45) is 1.68. The molecule has 0 radical (unpaired) electrons. The smallest absolute Gasteiger partial charge is 0.222 e. The van der Waals surface area contributed by atoms with Crippen LogP contribution in [0.2, 0.25) is 0 Å². The van der Waals surface area contributed by atoms with Crippen LogP contribution in [0.25, 0.3) is 10.1 Å². The fourth-order valence-electron chi connectivity index (χ4n) is 2.16. The van der Waals surface area contributed by atoms with Gasteiger partial charge in [0.1, 0.15) is 5.69 Å². The van der Waals surface area contributed by atoms with Gasteiger partial charge in [0.05, 0.1) is 15.5 Å². The minimum Gasteiger partial charge on any atom is -0.286 e. The molecule has 3 aromatic rings. The van der Waals surface area contributed by atoms with Crippen LogP contribution >= 0.6 is 27.3 Å². The highest BCUT2D eigenvalue weighted by Crippen LogP contribution is 2.30. The van der Waals surface area contributed by atoms with Gasteiger partial charge in [0.15, 0.2) is 0 Å². The van der Waals surface area contributed by atoms with E-state index in [1.54, 1.807) is 10.9 Å². The second-order valence-electron chi connectivity index (χ2n) is 4.86. The Hall–Kier alpha value is -1.46. The van der Waals surface area contributed by atoms with E-state index in [1.807, 2.05) is 44.2 Å². The number of hydrogen-bond donors (Lipinski definition) is 0. The van der Waals surface area contributed by atoms with Gasteiger partial charge in [0.25, 0.3) is 0 Å². The van der Waals surface area contributed by atoms with Gasteiger partial charge < -0.3 is 0 Å². The van der Waals surface area contributed by atoms with Crippen LogP contribution in [-0.4, -0.2) is 15.6 Å². The van der Waals surface area contributed by atoms with Crippen molar-refractivity contribution in [1.82, 2.24) is 9.78 Å². The highest BCUT2D eigenvalue weighted by molar-refractivity contribution is 9.10. The molecule has 20 heavy (non-hydrogen) atoms. The number of rotatable bonds is 3. The minimum absolute atomic E-state index is 0.0178. The maximum atomic E-state index is 12.7. The molecule has 0 saturated carbocycles. The summed E-state index contributed by atoms with van der Waals surface area (Å²) in [5.41, 5.74) is 0.617. The van der Waals surface area contributed by atoms with E-state index < -0.39 is 0 Å². The molecular weight excluding hydrogens is 336 g/mol. The third-order valence-corrected chi connectivity index (χ3v) is 4.80. The van der Waals surface area contributed by atoms with Crippen molar-refractivity contribution in [3.8, 4) is 0 Å². The summed E-state index contributed by atoms with van der Waals surface area (Å²) in [6.45, 7) is 4.03. The van der Waals surface area contributed by atoms with Gasteiger partial charge in [-0.2, -0.15) is 5.10 Å². The number of ketones is 1. The Balaban J connectivity index is 2.10. The highest BCUT2D eigenvalue weighted by Gasteiger charge is 2.21. The van der Waals surface area contributed by atoms with Gasteiger partial charge in [-0.25, -0.2) is 0 Å². The molecule has 102 valence electrons. The second kappa shape index (κ2) is 5.14. The number of thiophene rings is 1. The molecule has 0 aliphatic rings. The van der Waals surface area contributed by atoms with E-state index in [0.29, 0.717) is 5.69 Å². The average Bonchev–Trinajstić information content (AvgIpc) is 3.01. The molecule has 2 heterocycles. The first-order valence-electron chi connectivity index (χ1n) is 6.34. The molecule has 0 saturated heterocycles. The highest BCUT2D eigenvalue weighted by atomic mass is 79.9. The first kappa shape index (κ1) is 13.5. The lowest BCUT2D eigenvalue weighted by molar-refractivity contribution is 0.103. The van der Waals surface area contributed by atoms with Crippen LogP contribution in [0.3, 0.4) is 0 Å². The maximum absolute atomic E-state index is 12.7. The lowest BCUT2D eigenvalue weighted by Gasteiger charge is -2.09. The normalized spacial score (nSPS) is 11.4. The van der Waals surface area contributed by atoms with Crippen molar-refractivity contribution in [2.75, 3.05) is 0 Å². The molecule has 0 N–H and O–H groups in total. The standard InChI is InChI=1S/C15H13BrN2OS/c1-9(2)18-14(11(16)8-17-18)15(19)13-7-10-5-3-4-6-12(10)20-13/h3-9H,1-2H3. The van der Waals surface area contributed by atoms with E-state index in [1.165, 1.54) is 11.3 Å². The van der Waals surface area contributed by atoms with Crippen LogP contribution in [-0.2, 0) is 0 Å². The van der Waals surface area contributed by atoms with Crippen LogP contribution in [0.5, 0.6) is 0 Å². The summed E-state index contributed by atoms with van der Waals surface area (Å²) in [6, 6.07) is 10.1. The van der Waals surface area contributed by atoms with Crippen LogP contribution < -0.4 is 0 Å². The van der Waals surface area contributed by atoms with Crippen LogP contribution in [0, 0.1) is 0 Å². The molecule has 0 atom stereocenters. The zero-order valence-corrected chi connectivity index (χ0v) is 13.5. The van der Waals surface area contributed by atoms with Crippen LogP contribution in [0.4, 0.5) is 0 Å². The molecule has 0 unspecified atom stereocenters. The van der Waals surface area contributed by atoms with Crippen LogP contribution in [0.1, 0.15) is 35.3 Å². The predicted octanol–water partition coefficient (Wildman–Crippen LogP) is 4.67. The third kappa shape index (κ3) is 2.21. The first-order valence-corrected chi connectivity index (χ1v) is 7.95. The quantitative estimate of drug-likeness (QED) is 0.644. The fourth-order valence-corrected chi connectivity index (χ4v) is 3.61. The average molecular weight is 349 g/mol. The maximum Gasteiger partial charge on any atom is 0.222 e. The van der Waals surface area contributed by atoms with Gasteiger partial charge in [-0.15, -0.1) is 11.3 Å². The predicted molar refractivity (Wildman–Crippen MR) is 85.6 cm³/mol. The van der Waals surface area contributed by atoms with E-state index in [2.05, 4.69) is 21.0 Å². The molecule has 2 aromatic heterocycles. The molecule has 0 spiro atoms. The Bertz CT molecular complexity index is 755. The molecular formula is C15H13BrN2OS. The van der Waals surface area contributed by atoms with Gasteiger partial charge in [0.2, 0.25) is 5.78 Å². The summed E-state index contributed by atoms with van der Waals surface area (Å²) < 4.78 is 3.63. The zero-order chi connectivity index (χ0) is 14.3. The Morgan fingerprint density at radius 1 is 1.35 bits per heavy atom. The van der Waals surface area contributed by atoms with E-state index in [4.69, 9.17) is 0 Å². The van der Waals surface area contributed by atoms with Crippen LogP contribution in [0.15, 0.2) is 41.0 Å². The summed E-state index contributed by atoms with van der Waals surface area (Å²) >= 11 is 4.95.